The third-order valence-electron chi connectivity index (χ3n) is 2.92. The van der Waals surface area contributed by atoms with Crippen LogP contribution < -0.4 is 4.87 Å². The van der Waals surface area contributed by atoms with Gasteiger partial charge < -0.3 is 0 Å². The van der Waals surface area contributed by atoms with Crippen LogP contribution in [0.4, 0.5) is 8.78 Å². The molecule has 19 heavy (non-hydrogen) atoms. The van der Waals surface area contributed by atoms with E-state index in [-0.39, 0.29) is 11.4 Å². The molecule has 6 heteroatoms. The number of hydrogen-bond acceptors (Lipinski definition) is 3. The molecule has 0 fully saturated rings. The molecular formula is C13H11F2NO2S. The number of hydrogen-bond donors (Lipinski definition) is 0. The van der Waals surface area contributed by atoms with Crippen LogP contribution in [0.2, 0.25) is 0 Å². The number of ketones is 1. The van der Waals surface area contributed by atoms with E-state index in [0.717, 1.165) is 28.3 Å². The Morgan fingerprint density at radius 2 is 1.84 bits per heavy atom. The van der Waals surface area contributed by atoms with Crippen molar-refractivity contribution in [1.29, 1.82) is 0 Å². The Hall–Kier alpha value is -1.82. The van der Waals surface area contributed by atoms with Gasteiger partial charge in [0.05, 0.1) is 12.1 Å². The number of carbonyl (C=O) groups excluding carboxylic acids is 1. The second-order valence-electron chi connectivity index (χ2n) is 4.12. The zero-order valence-electron chi connectivity index (χ0n) is 10.4. The lowest BCUT2D eigenvalue weighted by molar-refractivity contribution is 0.0962. The Labute approximate surface area is 112 Å². The Morgan fingerprint density at radius 3 is 2.32 bits per heavy atom. The highest BCUT2D eigenvalue weighted by atomic mass is 32.1. The molecule has 0 atom stereocenters. The number of benzene rings is 1. The number of Topliss-reactive ketones (excluding diaryl/α,β-unsaturated/α-hetero) is 1. The van der Waals surface area contributed by atoms with E-state index in [4.69, 9.17) is 0 Å². The molecule has 3 nitrogen and oxygen atoms in total. The molecule has 100 valence electrons. The van der Waals surface area contributed by atoms with Crippen molar-refractivity contribution in [2.75, 3.05) is 0 Å². The minimum absolute atomic E-state index is 0.305. The Bertz CT molecular complexity index is 683. The lowest BCUT2D eigenvalue weighted by Gasteiger charge is -2.06. The quantitative estimate of drug-likeness (QED) is 0.812. The van der Waals surface area contributed by atoms with Crippen molar-refractivity contribution >= 4 is 17.1 Å². The van der Waals surface area contributed by atoms with Crippen LogP contribution in [-0.2, 0) is 6.54 Å². The van der Waals surface area contributed by atoms with Crippen LogP contribution in [0.15, 0.2) is 23.0 Å². The standard InChI is InChI=1S/C13H11F2NO2S/c1-7-8(2)19-13(18)16(7)6-11(17)12-9(14)4-3-5-10(12)15/h3-5H,6H2,1-2H3. The summed E-state index contributed by atoms with van der Waals surface area (Å²) in [4.78, 5) is 24.1. The average Bonchev–Trinajstić information content (AvgIpc) is 2.56. The van der Waals surface area contributed by atoms with Crippen molar-refractivity contribution in [3.8, 4) is 0 Å². The molecule has 0 saturated carbocycles. The van der Waals surface area contributed by atoms with Gasteiger partial charge in [0.15, 0.2) is 5.78 Å². The molecule has 0 aliphatic rings. The van der Waals surface area contributed by atoms with E-state index in [1.807, 2.05) is 0 Å². The number of halogens is 2. The Kier molecular flexibility index (Phi) is 3.61. The van der Waals surface area contributed by atoms with Crippen LogP contribution in [0.25, 0.3) is 0 Å². The molecule has 1 heterocycles. The van der Waals surface area contributed by atoms with E-state index in [0.29, 0.717) is 5.69 Å². The van der Waals surface area contributed by atoms with E-state index in [1.54, 1.807) is 13.8 Å². The first-order valence-corrected chi connectivity index (χ1v) is 6.37. The molecule has 0 saturated heterocycles. The molecule has 0 unspecified atom stereocenters. The summed E-state index contributed by atoms with van der Waals surface area (Å²) in [7, 11) is 0. The molecule has 2 rings (SSSR count). The topological polar surface area (TPSA) is 39.1 Å². The first kappa shape index (κ1) is 13.6. The van der Waals surface area contributed by atoms with Crippen LogP contribution in [0.1, 0.15) is 20.9 Å². The number of aromatic nitrogens is 1. The number of rotatable bonds is 3. The monoisotopic (exact) mass is 283 g/mol. The van der Waals surface area contributed by atoms with Gasteiger partial charge in [-0.3, -0.25) is 14.2 Å². The fraction of sp³-hybridized carbons (Fsp3) is 0.231. The van der Waals surface area contributed by atoms with Crippen molar-refractivity contribution in [1.82, 2.24) is 4.57 Å². The molecule has 1 aromatic carbocycles. The Balaban J connectivity index is 2.39. The summed E-state index contributed by atoms with van der Waals surface area (Å²) in [5.41, 5.74) is 0.0396. The minimum Gasteiger partial charge on any atom is -0.295 e. The molecule has 1 aromatic heterocycles. The summed E-state index contributed by atoms with van der Waals surface area (Å²) in [6.45, 7) is 3.09. The smallest absolute Gasteiger partial charge is 0.295 e. The molecule has 0 radical (unpaired) electrons. The molecule has 0 amide bonds. The maximum absolute atomic E-state index is 13.5. The third-order valence-corrected chi connectivity index (χ3v) is 3.92. The third kappa shape index (κ3) is 2.49. The number of aryl methyl sites for hydroxylation is 1. The van der Waals surface area contributed by atoms with Gasteiger partial charge in [0, 0.05) is 10.6 Å². The summed E-state index contributed by atoms with van der Waals surface area (Å²) in [5, 5.41) is 0. The number of carbonyl (C=O) groups is 1. The van der Waals surface area contributed by atoms with Crippen LogP contribution in [-0.4, -0.2) is 10.4 Å². The maximum Gasteiger partial charge on any atom is 0.307 e. The van der Waals surface area contributed by atoms with Gasteiger partial charge in [-0.2, -0.15) is 0 Å². The Morgan fingerprint density at radius 1 is 1.26 bits per heavy atom. The van der Waals surface area contributed by atoms with E-state index in [1.165, 1.54) is 10.6 Å². The largest absolute Gasteiger partial charge is 0.307 e. The predicted octanol–water partition coefficient (Wildman–Crippen LogP) is 2.69. The van der Waals surface area contributed by atoms with E-state index < -0.39 is 23.0 Å². The molecule has 0 bridgehead atoms. The van der Waals surface area contributed by atoms with E-state index >= 15 is 0 Å². The lowest BCUT2D eigenvalue weighted by atomic mass is 10.1. The van der Waals surface area contributed by atoms with Gasteiger partial charge in [-0.1, -0.05) is 17.4 Å². The zero-order chi connectivity index (χ0) is 14.2. The molecule has 0 spiro atoms. The van der Waals surface area contributed by atoms with Crippen LogP contribution >= 0.6 is 11.3 Å². The summed E-state index contributed by atoms with van der Waals surface area (Å²) >= 11 is 1.01. The highest BCUT2D eigenvalue weighted by Gasteiger charge is 2.19. The van der Waals surface area contributed by atoms with Crippen molar-refractivity contribution in [2.24, 2.45) is 0 Å². The summed E-state index contributed by atoms with van der Waals surface area (Å²) in [5.74, 6) is -2.58. The van der Waals surface area contributed by atoms with Crippen molar-refractivity contribution in [3.05, 3.63) is 55.6 Å². The van der Waals surface area contributed by atoms with Crippen LogP contribution in [0.5, 0.6) is 0 Å². The average molecular weight is 283 g/mol. The number of thiazole rings is 1. The first-order chi connectivity index (χ1) is 8.91. The van der Waals surface area contributed by atoms with Crippen molar-refractivity contribution < 1.29 is 13.6 Å². The normalized spacial score (nSPS) is 10.7. The molecule has 0 aliphatic carbocycles. The fourth-order valence-electron chi connectivity index (χ4n) is 1.76. The van der Waals surface area contributed by atoms with Gasteiger partial charge in [-0.25, -0.2) is 8.78 Å². The van der Waals surface area contributed by atoms with Crippen molar-refractivity contribution in [2.45, 2.75) is 20.4 Å². The summed E-state index contributed by atoms with van der Waals surface area (Å²) < 4.78 is 28.2. The molecular weight excluding hydrogens is 272 g/mol. The highest BCUT2D eigenvalue weighted by Crippen LogP contribution is 2.15. The SMILES string of the molecule is Cc1sc(=O)n(CC(=O)c2c(F)cccc2F)c1C. The second kappa shape index (κ2) is 5.05. The first-order valence-electron chi connectivity index (χ1n) is 5.56. The molecule has 0 aliphatic heterocycles. The summed E-state index contributed by atoms with van der Waals surface area (Å²) in [6, 6.07) is 3.23. The summed E-state index contributed by atoms with van der Waals surface area (Å²) in [6.07, 6.45) is 0. The fourth-order valence-corrected chi connectivity index (χ4v) is 2.59. The second-order valence-corrected chi connectivity index (χ2v) is 5.28. The number of nitrogens with zero attached hydrogens (tertiary/aromatic N) is 1. The lowest BCUT2D eigenvalue weighted by Crippen LogP contribution is -2.22. The van der Waals surface area contributed by atoms with Gasteiger partial charge >= 0.3 is 4.87 Å². The van der Waals surface area contributed by atoms with Gasteiger partial charge in [-0.05, 0) is 26.0 Å². The van der Waals surface area contributed by atoms with Crippen LogP contribution in [0.3, 0.4) is 0 Å². The van der Waals surface area contributed by atoms with Gasteiger partial charge in [0.1, 0.15) is 11.6 Å². The zero-order valence-corrected chi connectivity index (χ0v) is 11.2. The van der Waals surface area contributed by atoms with Crippen molar-refractivity contribution in [3.63, 3.8) is 0 Å². The molecule has 2 aromatic rings. The van der Waals surface area contributed by atoms with E-state index in [9.17, 15) is 18.4 Å². The molecule has 0 N–H and O–H groups in total. The van der Waals surface area contributed by atoms with Gasteiger partial charge in [0.2, 0.25) is 0 Å². The predicted molar refractivity (Wildman–Crippen MR) is 68.7 cm³/mol. The highest BCUT2D eigenvalue weighted by molar-refractivity contribution is 7.09. The van der Waals surface area contributed by atoms with Crippen LogP contribution in [0, 0.1) is 25.5 Å². The minimum atomic E-state index is -0.914. The van der Waals surface area contributed by atoms with Gasteiger partial charge in [-0.15, -0.1) is 0 Å². The van der Waals surface area contributed by atoms with E-state index in [2.05, 4.69) is 0 Å². The van der Waals surface area contributed by atoms with Gasteiger partial charge in [0.25, 0.3) is 0 Å². The maximum atomic E-state index is 13.5.